The van der Waals surface area contributed by atoms with Gasteiger partial charge in [0.25, 0.3) is 0 Å². The lowest BCUT2D eigenvalue weighted by Gasteiger charge is -2.12. The molecule has 5 heteroatoms. The number of nitrogens with one attached hydrogen (secondary N) is 1. The van der Waals surface area contributed by atoms with E-state index in [1.165, 1.54) is 0 Å². The monoisotopic (exact) mass is 257 g/mol. The summed E-state index contributed by atoms with van der Waals surface area (Å²) in [5.74, 6) is 0. The number of imidazole rings is 1. The van der Waals surface area contributed by atoms with Crippen molar-refractivity contribution in [2.24, 2.45) is 7.05 Å². The minimum atomic E-state index is 0.345. The minimum Gasteiger partial charge on any atom is -0.381 e. The van der Waals surface area contributed by atoms with Crippen LogP contribution in [-0.4, -0.2) is 15.6 Å². The van der Waals surface area contributed by atoms with Crippen LogP contribution in [0.4, 0.5) is 5.69 Å². The van der Waals surface area contributed by atoms with E-state index in [9.17, 15) is 0 Å². The molecule has 1 aromatic carbocycles. The molecule has 0 fully saturated rings. The van der Waals surface area contributed by atoms with E-state index in [0.29, 0.717) is 16.3 Å². The summed E-state index contributed by atoms with van der Waals surface area (Å²) in [5, 5.41) is 4.41. The van der Waals surface area contributed by atoms with Crippen molar-refractivity contribution in [1.29, 1.82) is 0 Å². The second kappa shape index (κ2) is 4.15. The van der Waals surface area contributed by atoms with Gasteiger partial charge >= 0.3 is 0 Å². The first-order valence-electron chi connectivity index (χ1n) is 5.07. The molecule has 2 rings (SSSR count). The molecular weight excluding hydrogens is 245 g/mol. The first kappa shape index (κ1) is 11.6. The van der Waals surface area contributed by atoms with Gasteiger partial charge in [0.05, 0.1) is 16.2 Å². The van der Waals surface area contributed by atoms with Crippen LogP contribution in [0.1, 0.15) is 13.8 Å². The molecule has 0 saturated carbocycles. The topological polar surface area (TPSA) is 29.9 Å². The Hall–Kier alpha value is -0.930. The predicted octanol–water partition coefficient (Wildman–Crippen LogP) is 3.70. The molecule has 0 aliphatic rings. The summed E-state index contributed by atoms with van der Waals surface area (Å²) in [4.78, 5) is 4.24. The summed E-state index contributed by atoms with van der Waals surface area (Å²) in [7, 11) is 1.87. The molecule has 3 nitrogen and oxygen atoms in total. The lowest BCUT2D eigenvalue weighted by molar-refractivity contribution is 0.894. The zero-order chi connectivity index (χ0) is 11.9. The van der Waals surface area contributed by atoms with Crippen LogP contribution in [0.15, 0.2) is 12.1 Å². The van der Waals surface area contributed by atoms with Gasteiger partial charge in [-0.25, -0.2) is 4.98 Å². The van der Waals surface area contributed by atoms with Crippen LogP contribution >= 0.6 is 23.2 Å². The Morgan fingerprint density at radius 1 is 1.31 bits per heavy atom. The molecule has 1 N–H and O–H groups in total. The summed E-state index contributed by atoms with van der Waals surface area (Å²) in [6, 6.07) is 4.12. The SMILES string of the molecule is CC(C)Nc1ccc(Cl)c2nc(Cl)n(C)c12. The van der Waals surface area contributed by atoms with Crippen molar-refractivity contribution >= 4 is 39.9 Å². The van der Waals surface area contributed by atoms with Crippen molar-refractivity contribution in [2.75, 3.05) is 5.32 Å². The van der Waals surface area contributed by atoms with Crippen LogP contribution in [0.5, 0.6) is 0 Å². The molecule has 0 saturated heterocycles. The van der Waals surface area contributed by atoms with Gasteiger partial charge in [0.1, 0.15) is 5.52 Å². The highest BCUT2D eigenvalue weighted by Crippen LogP contribution is 2.31. The van der Waals surface area contributed by atoms with Crippen molar-refractivity contribution < 1.29 is 0 Å². The van der Waals surface area contributed by atoms with Crippen molar-refractivity contribution in [3.63, 3.8) is 0 Å². The van der Waals surface area contributed by atoms with Gasteiger partial charge in [-0.1, -0.05) is 11.6 Å². The summed E-state index contributed by atoms with van der Waals surface area (Å²) in [6.45, 7) is 4.16. The van der Waals surface area contributed by atoms with E-state index >= 15 is 0 Å². The molecule has 86 valence electrons. The van der Waals surface area contributed by atoms with Crippen molar-refractivity contribution in [2.45, 2.75) is 19.9 Å². The Kier molecular flexibility index (Phi) is 3.00. The van der Waals surface area contributed by atoms with E-state index in [4.69, 9.17) is 23.2 Å². The number of halogens is 2. The molecule has 0 amide bonds. The highest BCUT2D eigenvalue weighted by atomic mass is 35.5. The summed E-state index contributed by atoms with van der Waals surface area (Å²) in [5.41, 5.74) is 2.67. The maximum atomic E-state index is 6.09. The number of rotatable bonds is 2. The number of hydrogen-bond acceptors (Lipinski definition) is 2. The Morgan fingerprint density at radius 2 is 2.00 bits per heavy atom. The zero-order valence-corrected chi connectivity index (χ0v) is 10.9. The number of anilines is 1. The molecule has 16 heavy (non-hydrogen) atoms. The normalized spacial score (nSPS) is 11.4. The molecule has 0 bridgehead atoms. The zero-order valence-electron chi connectivity index (χ0n) is 9.38. The third kappa shape index (κ3) is 1.85. The second-order valence-corrected chi connectivity index (χ2v) is 4.78. The van der Waals surface area contributed by atoms with Gasteiger partial charge in [0, 0.05) is 13.1 Å². The quantitative estimate of drug-likeness (QED) is 0.890. The minimum absolute atomic E-state index is 0.345. The van der Waals surface area contributed by atoms with E-state index in [2.05, 4.69) is 24.1 Å². The highest BCUT2D eigenvalue weighted by Gasteiger charge is 2.13. The maximum absolute atomic E-state index is 6.09. The molecule has 2 aromatic rings. The molecule has 0 spiro atoms. The number of benzene rings is 1. The number of nitrogens with zero attached hydrogens (tertiary/aromatic N) is 2. The largest absolute Gasteiger partial charge is 0.381 e. The average Bonchev–Trinajstić information content (AvgIpc) is 2.49. The third-order valence-corrected chi connectivity index (χ3v) is 3.01. The highest BCUT2D eigenvalue weighted by molar-refractivity contribution is 6.36. The van der Waals surface area contributed by atoms with E-state index in [1.807, 2.05) is 23.7 Å². The maximum Gasteiger partial charge on any atom is 0.203 e. The van der Waals surface area contributed by atoms with Crippen LogP contribution in [0.3, 0.4) is 0 Å². The van der Waals surface area contributed by atoms with Crippen LogP contribution in [-0.2, 0) is 7.05 Å². The Balaban J connectivity index is 2.71. The lowest BCUT2D eigenvalue weighted by atomic mass is 10.2. The first-order chi connectivity index (χ1) is 7.50. The number of aryl methyl sites for hydroxylation is 1. The van der Waals surface area contributed by atoms with Gasteiger partial charge in [-0.2, -0.15) is 0 Å². The number of fused-ring (bicyclic) bond motifs is 1. The fourth-order valence-corrected chi connectivity index (χ4v) is 2.05. The Morgan fingerprint density at radius 3 is 2.62 bits per heavy atom. The van der Waals surface area contributed by atoms with Gasteiger partial charge in [0.15, 0.2) is 0 Å². The molecule has 0 aliphatic carbocycles. The standard InChI is InChI=1S/C11H13Cl2N3/c1-6(2)14-8-5-4-7(12)9-10(8)16(3)11(13)15-9/h4-6,14H,1-3H3. The first-order valence-corrected chi connectivity index (χ1v) is 5.83. The van der Waals surface area contributed by atoms with Crippen LogP contribution in [0.25, 0.3) is 11.0 Å². The van der Waals surface area contributed by atoms with E-state index in [-0.39, 0.29) is 0 Å². The van der Waals surface area contributed by atoms with Crippen molar-refractivity contribution in [3.8, 4) is 0 Å². The molecule has 1 heterocycles. The van der Waals surface area contributed by atoms with Gasteiger partial charge < -0.3 is 9.88 Å². The van der Waals surface area contributed by atoms with E-state index in [1.54, 1.807) is 0 Å². The van der Waals surface area contributed by atoms with Gasteiger partial charge in [-0.05, 0) is 37.6 Å². The lowest BCUT2D eigenvalue weighted by Crippen LogP contribution is -2.10. The molecule has 0 unspecified atom stereocenters. The number of aromatic nitrogens is 2. The summed E-state index contributed by atoms with van der Waals surface area (Å²) in [6.07, 6.45) is 0. The van der Waals surface area contributed by atoms with Crippen molar-refractivity contribution in [1.82, 2.24) is 9.55 Å². The fraction of sp³-hybridized carbons (Fsp3) is 0.364. The predicted molar refractivity (Wildman–Crippen MR) is 69.5 cm³/mol. The Bertz CT molecular complexity index is 531. The van der Waals surface area contributed by atoms with Crippen LogP contribution < -0.4 is 5.32 Å². The summed E-state index contributed by atoms with van der Waals surface area (Å²) < 4.78 is 1.83. The third-order valence-electron chi connectivity index (χ3n) is 2.36. The van der Waals surface area contributed by atoms with Crippen LogP contribution in [0.2, 0.25) is 10.3 Å². The van der Waals surface area contributed by atoms with Gasteiger partial charge in [-0.3, -0.25) is 0 Å². The molecule has 0 radical (unpaired) electrons. The average molecular weight is 258 g/mol. The fourth-order valence-electron chi connectivity index (χ4n) is 1.69. The van der Waals surface area contributed by atoms with E-state index < -0.39 is 0 Å². The molecular formula is C11H13Cl2N3. The molecule has 0 atom stereocenters. The second-order valence-electron chi connectivity index (χ2n) is 4.03. The van der Waals surface area contributed by atoms with Gasteiger partial charge in [-0.15, -0.1) is 0 Å². The smallest absolute Gasteiger partial charge is 0.203 e. The molecule has 1 aromatic heterocycles. The van der Waals surface area contributed by atoms with Gasteiger partial charge in [0.2, 0.25) is 5.28 Å². The number of hydrogen-bond donors (Lipinski definition) is 1. The summed E-state index contributed by atoms with van der Waals surface area (Å²) >= 11 is 12.1. The Labute approximate surface area is 104 Å². The van der Waals surface area contributed by atoms with E-state index in [0.717, 1.165) is 16.7 Å². The van der Waals surface area contributed by atoms with Crippen molar-refractivity contribution in [3.05, 3.63) is 22.4 Å². The van der Waals surface area contributed by atoms with Crippen LogP contribution in [0, 0.1) is 0 Å². The molecule has 0 aliphatic heterocycles.